The second-order valence-corrected chi connectivity index (χ2v) is 4.04. The number of allylic oxidation sites excluding steroid dienone is 1. The van der Waals surface area contributed by atoms with Crippen molar-refractivity contribution in [3.8, 4) is 0 Å². The summed E-state index contributed by atoms with van der Waals surface area (Å²) < 4.78 is 0. The molecule has 1 rings (SSSR count). The van der Waals surface area contributed by atoms with Gasteiger partial charge < -0.3 is 5.11 Å². The molecule has 1 aliphatic carbocycles. The number of rotatable bonds is 1. The maximum atomic E-state index is 9.65. The molecule has 1 aliphatic rings. The summed E-state index contributed by atoms with van der Waals surface area (Å²) >= 11 is 0. The van der Waals surface area contributed by atoms with Gasteiger partial charge in [0.05, 0.1) is 6.10 Å². The second-order valence-electron chi connectivity index (χ2n) is 4.04. The molecule has 0 heterocycles. The van der Waals surface area contributed by atoms with Crippen LogP contribution in [0.5, 0.6) is 0 Å². The van der Waals surface area contributed by atoms with E-state index in [-0.39, 0.29) is 11.5 Å². The summed E-state index contributed by atoms with van der Waals surface area (Å²) in [6, 6.07) is 0. The normalized spacial score (nSPS) is 35.6. The standard InChI is InChI=1S/C10H18O/c1-4-8-6-5-7-9(11)10(8,2)3/h5,7-9,11H,4,6H2,1-3H3. The molecule has 0 fully saturated rings. The molecule has 2 atom stereocenters. The molecule has 1 heteroatoms. The van der Waals surface area contributed by atoms with Gasteiger partial charge in [-0.05, 0) is 17.8 Å². The minimum absolute atomic E-state index is 0.0729. The third-order valence-corrected chi connectivity index (χ3v) is 3.05. The highest BCUT2D eigenvalue weighted by atomic mass is 16.3. The van der Waals surface area contributed by atoms with Crippen LogP contribution in [0, 0.1) is 11.3 Å². The van der Waals surface area contributed by atoms with E-state index in [4.69, 9.17) is 0 Å². The first-order chi connectivity index (χ1) is 5.09. The first-order valence-corrected chi connectivity index (χ1v) is 4.43. The molecule has 1 nitrogen and oxygen atoms in total. The molecule has 0 amide bonds. The molecule has 0 aromatic heterocycles. The van der Waals surface area contributed by atoms with E-state index in [1.165, 1.54) is 0 Å². The fourth-order valence-electron chi connectivity index (χ4n) is 1.86. The predicted molar refractivity (Wildman–Crippen MR) is 47.3 cm³/mol. The third-order valence-electron chi connectivity index (χ3n) is 3.05. The Balaban J connectivity index is 2.77. The third kappa shape index (κ3) is 1.48. The summed E-state index contributed by atoms with van der Waals surface area (Å²) in [6.45, 7) is 6.49. The minimum atomic E-state index is -0.249. The number of hydrogen-bond acceptors (Lipinski definition) is 1. The van der Waals surface area contributed by atoms with Gasteiger partial charge in [0.25, 0.3) is 0 Å². The van der Waals surface area contributed by atoms with Crippen molar-refractivity contribution in [2.75, 3.05) is 0 Å². The van der Waals surface area contributed by atoms with Gasteiger partial charge in [0, 0.05) is 0 Å². The lowest BCUT2D eigenvalue weighted by Gasteiger charge is -2.39. The Labute approximate surface area is 69.1 Å². The molecule has 2 unspecified atom stereocenters. The quantitative estimate of drug-likeness (QED) is 0.575. The number of aliphatic hydroxyl groups excluding tert-OH is 1. The number of hydrogen-bond donors (Lipinski definition) is 1. The predicted octanol–water partition coefficient (Wildman–Crippen LogP) is 2.36. The molecule has 0 aliphatic heterocycles. The van der Waals surface area contributed by atoms with E-state index in [0.717, 1.165) is 12.8 Å². The van der Waals surface area contributed by atoms with E-state index in [0.29, 0.717) is 5.92 Å². The fraction of sp³-hybridized carbons (Fsp3) is 0.800. The summed E-state index contributed by atoms with van der Waals surface area (Å²) in [5, 5.41) is 9.65. The van der Waals surface area contributed by atoms with Crippen LogP contribution < -0.4 is 0 Å². The van der Waals surface area contributed by atoms with Crippen LogP contribution in [0.15, 0.2) is 12.2 Å². The average Bonchev–Trinajstić information content (AvgIpc) is 1.95. The van der Waals surface area contributed by atoms with Gasteiger partial charge in [0.1, 0.15) is 0 Å². The SMILES string of the molecule is CCC1CC=CC(O)C1(C)C. The van der Waals surface area contributed by atoms with Crippen LogP contribution >= 0.6 is 0 Å². The molecule has 11 heavy (non-hydrogen) atoms. The highest BCUT2D eigenvalue weighted by Crippen LogP contribution is 2.39. The van der Waals surface area contributed by atoms with Crippen molar-refractivity contribution in [3.63, 3.8) is 0 Å². The van der Waals surface area contributed by atoms with Crippen molar-refractivity contribution in [1.82, 2.24) is 0 Å². The van der Waals surface area contributed by atoms with Gasteiger partial charge in [-0.3, -0.25) is 0 Å². The minimum Gasteiger partial charge on any atom is -0.388 e. The first kappa shape index (κ1) is 8.79. The van der Waals surface area contributed by atoms with Crippen LogP contribution in [0.3, 0.4) is 0 Å². The molecule has 0 saturated carbocycles. The molecule has 1 N–H and O–H groups in total. The van der Waals surface area contributed by atoms with Crippen molar-refractivity contribution in [1.29, 1.82) is 0 Å². The van der Waals surface area contributed by atoms with Crippen LogP contribution in [0.4, 0.5) is 0 Å². The Morgan fingerprint density at radius 3 is 2.64 bits per heavy atom. The molecule has 0 bridgehead atoms. The molecule has 64 valence electrons. The Kier molecular flexibility index (Phi) is 2.38. The monoisotopic (exact) mass is 154 g/mol. The van der Waals surface area contributed by atoms with E-state index < -0.39 is 0 Å². The highest BCUT2D eigenvalue weighted by molar-refractivity contribution is 5.05. The largest absolute Gasteiger partial charge is 0.388 e. The van der Waals surface area contributed by atoms with Gasteiger partial charge in [0.15, 0.2) is 0 Å². The summed E-state index contributed by atoms with van der Waals surface area (Å²) in [4.78, 5) is 0. The molecule has 0 aromatic rings. The topological polar surface area (TPSA) is 20.2 Å². The lowest BCUT2D eigenvalue weighted by atomic mass is 9.69. The van der Waals surface area contributed by atoms with E-state index in [2.05, 4.69) is 26.8 Å². The fourth-order valence-corrected chi connectivity index (χ4v) is 1.86. The molecule has 0 spiro atoms. The summed E-state index contributed by atoms with van der Waals surface area (Å²) in [6.07, 6.45) is 6.06. The van der Waals surface area contributed by atoms with Crippen LogP contribution in [-0.2, 0) is 0 Å². The van der Waals surface area contributed by atoms with Crippen LogP contribution in [0.1, 0.15) is 33.6 Å². The van der Waals surface area contributed by atoms with Crippen molar-refractivity contribution in [2.45, 2.75) is 39.7 Å². The lowest BCUT2D eigenvalue weighted by Crippen LogP contribution is -2.37. The van der Waals surface area contributed by atoms with Gasteiger partial charge in [-0.25, -0.2) is 0 Å². The van der Waals surface area contributed by atoms with Crippen molar-refractivity contribution < 1.29 is 5.11 Å². The average molecular weight is 154 g/mol. The van der Waals surface area contributed by atoms with Crippen LogP contribution in [-0.4, -0.2) is 11.2 Å². The first-order valence-electron chi connectivity index (χ1n) is 4.43. The Hall–Kier alpha value is -0.300. The molecule has 0 radical (unpaired) electrons. The van der Waals surface area contributed by atoms with Crippen molar-refractivity contribution >= 4 is 0 Å². The van der Waals surface area contributed by atoms with Crippen molar-refractivity contribution in [3.05, 3.63) is 12.2 Å². The Morgan fingerprint density at radius 2 is 2.18 bits per heavy atom. The molecular weight excluding hydrogens is 136 g/mol. The van der Waals surface area contributed by atoms with Crippen molar-refractivity contribution in [2.24, 2.45) is 11.3 Å². The summed E-state index contributed by atoms with van der Waals surface area (Å²) in [5.74, 6) is 0.641. The zero-order valence-corrected chi connectivity index (χ0v) is 7.67. The summed E-state index contributed by atoms with van der Waals surface area (Å²) in [7, 11) is 0. The maximum Gasteiger partial charge on any atom is 0.0774 e. The lowest BCUT2D eigenvalue weighted by molar-refractivity contribution is 0.0305. The van der Waals surface area contributed by atoms with Gasteiger partial charge in [0.2, 0.25) is 0 Å². The molecule has 0 aromatic carbocycles. The zero-order chi connectivity index (χ0) is 8.48. The van der Waals surface area contributed by atoms with Gasteiger partial charge in [-0.15, -0.1) is 0 Å². The van der Waals surface area contributed by atoms with Gasteiger partial charge in [-0.2, -0.15) is 0 Å². The zero-order valence-electron chi connectivity index (χ0n) is 7.67. The van der Waals surface area contributed by atoms with Crippen LogP contribution in [0.25, 0.3) is 0 Å². The smallest absolute Gasteiger partial charge is 0.0774 e. The van der Waals surface area contributed by atoms with E-state index in [1.807, 2.05) is 6.08 Å². The Bertz CT molecular complexity index is 158. The molecular formula is C10H18O. The van der Waals surface area contributed by atoms with Gasteiger partial charge in [-0.1, -0.05) is 39.3 Å². The molecule has 0 saturated heterocycles. The summed E-state index contributed by atoms with van der Waals surface area (Å²) in [5.41, 5.74) is 0.0729. The highest BCUT2D eigenvalue weighted by Gasteiger charge is 2.35. The van der Waals surface area contributed by atoms with Crippen LogP contribution in [0.2, 0.25) is 0 Å². The van der Waals surface area contributed by atoms with E-state index >= 15 is 0 Å². The van der Waals surface area contributed by atoms with E-state index in [1.54, 1.807) is 0 Å². The van der Waals surface area contributed by atoms with Gasteiger partial charge >= 0.3 is 0 Å². The number of aliphatic hydroxyl groups is 1. The Morgan fingerprint density at radius 1 is 1.55 bits per heavy atom. The maximum absolute atomic E-state index is 9.65. The second kappa shape index (κ2) is 2.98. The van der Waals surface area contributed by atoms with E-state index in [9.17, 15) is 5.11 Å².